The molecule has 0 radical (unpaired) electrons. The second-order valence-electron chi connectivity index (χ2n) is 6.51. The summed E-state index contributed by atoms with van der Waals surface area (Å²) in [5, 5.41) is 22.7. The van der Waals surface area contributed by atoms with Gasteiger partial charge >= 0.3 is 0 Å². The summed E-state index contributed by atoms with van der Waals surface area (Å²) in [7, 11) is 0. The number of nitrogens with zero attached hydrogens (tertiary/aromatic N) is 2. The number of pyridine rings is 1. The van der Waals surface area contributed by atoms with E-state index in [1.165, 1.54) is 12.4 Å². The molecule has 29 heavy (non-hydrogen) atoms. The van der Waals surface area contributed by atoms with Crippen molar-refractivity contribution in [2.24, 2.45) is 0 Å². The van der Waals surface area contributed by atoms with Gasteiger partial charge in [-0.2, -0.15) is 0 Å². The lowest BCUT2D eigenvalue weighted by atomic mass is 10.1. The summed E-state index contributed by atoms with van der Waals surface area (Å²) in [6, 6.07) is 8.26. The second-order valence-corrected chi connectivity index (χ2v) is 7.35. The van der Waals surface area contributed by atoms with Crippen molar-refractivity contribution >= 4 is 47.2 Å². The van der Waals surface area contributed by atoms with Gasteiger partial charge in [-0.15, -0.1) is 0 Å². The van der Waals surface area contributed by atoms with Gasteiger partial charge in [-0.25, -0.2) is 10.4 Å². The maximum Gasteiger partial charge on any atom is 0.228 e. The molecule has 0 saturated heterocycles. The first-order valence-electron chi connectivity index (χ1n) is 8.88. The summed E-state index contributed by atoms with van der Waals surface area (Å²) >= 11 is 12.3. The number of aliphatic hydroxyl groups excluding tert-OH is 1. The minimum absolute atomic E-state index is 0.167. The van der Waals surface area contributed by atoms with E-state index in [0.29, 0.717) is 39.0 Å². The van der Waals surface area contributed by atoms with Gasteiger partial charge in [-0.3, -0.25) is 9.80 Å². The molecule has 0 spiro atoms. The van der Waals surface area contributed by atoms with Crippen LogP contribution < -0.4 is 10.7 Å². The van der Waals surface area contributed by atoms with Crippen LogP contribution in [0.2, 0.25) is 10.0 Å². The first kappa shape index (κ1) is 22.8. The van der Waals surface area contributed by atoms with E-state index >= 15 is 0 Å². The van der Waals surface area contributed by atoms with Crippen LogP contribution in [-0.2, 0) is 4.79 Å². The molecule has 1 unspecified atom stereocenters. The fourth-order valence-electron chi connectivity index (χ4n) is 2.59. The fraction of sp³-hybridized carbons (Fsp3) is 0.250. The van der Waals surface area contributed by atoms with Gasteiger partial charge in [0.25, 0.3) is 0 Å². The minimum Gasteiger partial charge on any atom is -0.394 e. The number of allylic oxidation sites excluding steroid dienone is 1. The topological polar surface area (TPSA) is 101 Å². The largest absolute Gasteiger partial charge is 0.394 e. The Hall–Kier alpha value is -2.45. The number of nitrogens with one attached hydrogen (secondary N) is 3. The van der Waals surface area contributed by atoms with Crippen LogP contribution in [0.5, 0.6) is 0 Å². The normalized spacial score (nSPS) is 12.6. The van der Waals surface area contributed by atoms with E-state index in [1.807, 2.05) is 13.8 Å². The van der Waals surface area contributed by atoms with Crippen LogP contribution in [0.4, 0.5) is 5.82 Å². The molecule has 0 aliphatic carbocycles. The van der Waals surface area contributed by atoms with Crippen LogP contribution >= 0.6 is 23.2 Å². The van der Waals surface area contributed by atoms with Crippen molar-refractivity contribution in [2.75, 3.05) is 11.9 Å². The summed E-state index contributed by atoms with van der Waals surface area (Å²) in [4.78, 5) is 15.8. The van der Waals surface area contributed by atoms with Gasteiger partial charge < -0.3 is 15.8 Å². The maximum atomic E-state index is 11.6. The molecule has 9 heteroatoms. The van der Waals surface area contributed by atoms with Crippen molar-refractivity contribution in [3.8, 4) is 0 Å². The smallest absolute Gasteiger partial charge is 0.228 e. The van der Waals surface area contributed by atoms with Gasteiger partial charge in [0.05, 0.1) is 17.7 Å². The second kappa shape index (κ2) is 10.9. The van der Waals surface area contributed by atoms with Crippen molar-refractivity contribution in [1.82, 2.24) is 15.4 Å². The molecule has 0 aliphatic rings. The Bertz CT molecular complexity index is 889. The van der Waals surface area contributed by atoms with Crippen LogP contribution in [0, 0.1) is 5.41 Å². The Balaban J connectivity index is 2.32. The quantitative estimate of drug-likeness (QED) is 0.257. The lowest BCUT2D eigenvalue weighted by molar-refractivity contribution is -0.118. The number of anilines is 1. The molecule has 4 N–H and O–H groups in total. The number of hydrazine groups is 1. The third-order valence-corrected chi connectivity index (χ3v) is 4.42. The van der Waals surface area contributed by atoms with Gasteiger partial charge in [0.2, 0.25) is 6.41 Å². The zero-order valence-electron chi connectivity index (χ0n) is 16.1. The van der Waals surface area contributed by atoms with Crippen molar-refractivity contribution in [1.29, 1.82) is 5.41 Å². The average molecular weight is 436 g/mol. The third kappa shape index (κ3) is 6.54. The van der Waals surface area contributed by atoms with E-state index < -0.39 is 6.04 Å². The molecule has 1 aromatic heterocycles. The summed E-state index contributed by atoms with van der Waals surface area (Å²) in [6.07, 6.45) is 4.54. The zero-order valence-corrected chi connectivity index (χ0v) is 17.6. The number of hydrogen-bond donors (Lipinski definition) is 4. The zero-order chi connectivity index (χ0) is 21.4. The van der Waals surface area contributed by atoms with E-state index in [-0.39, 0.29) is 12.6 Å². The highest BCUT2D eigenvalue weighted by molar-refractivity contribution is 6.33. The van der Waals surface area contributed by atoms with Crippen LogP contribution in [0.25, 0.3) is 5.57 Å². The highest BCUT2D eigenvalue weighted by atomic mass is 35.5. The monoisotopic (exact) mass is 435 g/mol. The molecule has 1 aromatic carbocycles. The molecule has 2 rings (SSSR count). The number of rotatable bonds is 10. The van der Waals surface area contributed by atoms with Crippen molar-refractivity contribution in [2.45, 2.75) is 25.9 Å². The number of carbonyl (C=O) groups is 1. The predicted octanol–water partition coefficient (Wildman–Crippen LogP) is 3.90. The summed E-state index contributed by atoms with van der Waals surface area (Å²) in [5.41, 5.74) is 4.53. The molecule has 2 aromatic rings. The van der Waals surface area contributed by atoms with E-state index in [4.69, 9.17) is 28.6 Å². The molecular formula is C20H23Cl2N5O2. The van der Waals surface area contributed by atoms with Gasteiger partial charge in [-0.05, 0) is 37.6 Å². The van der Waals surface area contributed by atoms with Gasteiger partial charge in [0, 0.05) is 40.8 Å². The van der Waals surface area contributed by atoms with Crippen LogP contribution in [0.15, 0.2) is 42.7 Å². The number of halogens is 2. The fourth-order valence-corrected chi connectivity index (χ4v) is 3.00. The number of hydrogen-bond acceptors (Lipinski definition) is 6. The van der Waals surface area contributed by atoms with Crippen molar-refractivity contribution in [3.05, 3.63) is 63.9 Å². The Kier molecular flexibility index (Phi) is 8.60. The van der Waals surface area contributed by atoms with E-state index in [0.717, 1.165) is 11.2 Å². The first-order chi connectivity index (χ1) is 13.9. The van der Waals surface area contributed by atoms with E-state index in [1.54, 1.807) is 30.3 Å². The summed E-state index contributed by atoms with van der Waals surface area (Å²) in [6.45, 7) is 3.69. The Morgan fingerprint density at radius 2 is 2.10 bits per heavy atom. The Labute approximate surface area is 179 Å². The molecule has 0 aliphatic heterocycles. The van der Waals surface area contributed by atoms with Crippen LogP contribution in [0.3, 0.4) is 0 Å². The lowest BCUT2D eigenvalue weighted by Gasteiger charge is -2.23. The van der Waals surface area contributed by atoms with Crippen molar-refractivity contribution in [3.63, 3.8) is 0 Å². The van der Waals surface area contributed by atoms with Crippen molar-refractivity contribution < 1.29 is 9.90 Å². The molecule has 1 amide bonds. The SMILES string of the molecule is CC(C)Nc1cc(/C(C=N)=C/N(C=O)NC(CO)c2cccc(Cl)c2)c(Cl)cn1. The Morgan fingerprint density at radius 3 is 2.69 bits per heavy atom. The molecule has 0 fully saturated rings. The van der Waals surface area contributed by atoms with Crippen LogP contribution in [-0.4, -0.2) is 40.4 Å². The highest BCUT2D eigenvalue weighted by Crippen LogP contribution is 2.25. The first-order valence-corrected chi connectivity index (χ1v) is 9.64. The standard InChI is InChI=1S/C20H23Cl2N5O2/c1-13(2)25-20-7-17(18(22)9-24-20)15(8-23)10-27(12-29)26-19(11-28)14-4-3-5-16(21)6-14/h3-10,12-13,19,23,26,28H,11H2,1-2H3,(H,24,25)/b15-10+,23-8?. The molecular weight excluding hydrogens is 413 g/mol. The molecule has 7 nitrogen and oxygen atoms in total. The molecule has 0 saturated carbocycles. The number of benzene rings is 1. The molecule has 154 valence electrons. The van der Waals surface area contributed by atoms with E-state index in [9.17, 15) is 9.90 Å². The molecule has 1 atom stereocenters. The summed E-state index contributed by atoms with van der Waals surface area (Å²) < 4.78 is 0. The number of aromatic nitrogens is 1. The van der Waals surface area contributed by atoms with Gasteiger partial charge in [-0.1, -0.05) is 35.3 Å². The minimum atomic E-state index is -0.576. The predicted molar refractivity (Wildman–Crippen MR) is 117 cm³/mol. The average Bonchev–Trinajstić information content (AvgIpc) is 2.69. The van der Waals surface area contributed by atoms with E-state index in [2.05, 4.69) is 15.7 Å². The molecule has 0 bridgehead atoms. The lowest BCUT2D eigenvalue weighted by Crippen LogP contribution is -2.37. The van der Waals surface area contributed by atoms with Crippen LogP contribution in [0.1, 0.15) is 31.0 Å². The number of amides is 1. The molecule has 1 heterocycles. The maximum absolute atomic E-state index is 11.6. The Morgan fingerprint density at radius 1 is 1.34 bits per heavy atom. The third-order valence-electron chi connectivity index (χ3n) is 3.89. The summed E-state index contributed by atoms with van der Waals surface area (Å²) in [5.74, 6) is 0.602. The van der Waals surface area contributed by atoms with Gasteiger partial charge in [0.15, 0.2) is 0 Å². The highest BCUT2D eigenvalue weighted by Gasteiger charge is 2.15. The number of aliphatic hydroxyl groups is 1. The van der Waals surface area contributed by atoms with Gasteiger partial charge in [0.1, 0.15) is 5.82 Å². The number of carbonyl (C=O) groups excluding carboxylic acids is 1.